The van der Waals surface area contributed by atoms with Gasteiger partial charge in [0, 0.05) is 10.2 Å². The fourth-order valence-corrected chi connectivity index (χ4v) is 4.28. The molecule has 4 rings (SSSR count). The number of hydrogen-bond donors (Lipinski definition) is 1. The van der Waals surface area contributed by atoms with E-state index in [2.05, 4.69) is 20.8 Å². The van der Waals surface area contributed by atoms with Gasteiger partial charge < -0.3 is 9.80 Å². The van der Waals surface area contributed by atoms with Gasteiger partial charge in [-0.05, 0) is 42.5 Å². The van der Waals surface area contributed by atoms with Crippen molar-refractivity contribution in [1.82, 2.24) is 0 Å². The van der Waals surface area contributed by atoms with Crippen molar-refractivity contribution >= 4 is 39.1 Å². The van der Waals surface area contributed by atoms with Crippen LogP contribution in [-0.2, 0) is 9.59 Å². The molecule has 2 aliphatic heterocycles. The standard InChI is InChI=1S/C20H19BrFN3O2/c21-14-2-1-3-17(12-14)25-19(26)13-18(20(25)27)24-10-8-23(9-11-24)16-6-4-15(22)5-7-16/h1-7,12,18H,8-11,13H2/p+1/t18-/m1/s1. The number of amides is 2. The molecule has 0 radical (unpaired) electrons. The van der Waals surface area contributed by atoms with Crippen molar-refractivity contribution in [2.75, 3.05) is 36.0 Å². The highest BCUT2D eigenvalue weighted by Gasteiger charge is 2.46. The van der Waals surface area contributed by atoms with Gasteiger partial charge in [0.25, 0.3) is 5.91 Å². The van der Waals surface area contributed by atoms with Gasteiger partial charge in [-0.2, -0.15) is 0 Å². The van der Waals surface area contributed by atoms with Crippen LogP contribution >= 0.6 is 15.9 Å². The molecule has 0 saturated carbocycles. The third-order valence-electron chi connectivity index (χ3n) is 5.30. The minimum atomic E-state index is -0.327. The smallest absolute Gasteiger partial charge is 0.292 e. The Morgan fingerprint density at radius 3 is 2.37 bits per heavy atom. The van der Waals surface area contributed by atoms with Crippen LogP contribution in [0.5, 0.6) is 0 Å². The van der Waals surface area contributed by atoms with Crippen molar-refractivity contribution < 1.29 is 18.9 Å². The number of hydrogen-bond acceptors (Lipinski definition) is 3. The summed E-state index contributed by atoms with van der Waals surface area (Å²) in [5.41, 5.74) is 1.60. The second kappa shape index (κ2) is 7.40. The van der Waals surface area contributed by atoms with E-state index in [1.54, 1.807) is 24.3 Å². The summed E-state index contributed by atoms with van der Waals surface area (Å²) in [7, 11) is 0. The van der Waals surface area contributed by atoms with Crippen LogP contribution in [0.2, 0.25) is 0 Å². The van der Waals surface area contributed by atoms with E-state index in [-0.39, 0.29) is 30.1 Å². The van der Waals surface area contributed by atoms with Gasteiger partial charge in [0.2, 0.25) is 5.91 Å². The Morgan fingerprint density at radius 2 is 1.70 bits per heavy atom. The largest absolute Gasteiger partial charge is 0.360 e. The highest BCUT2D eigenvalue weighted by molar-refractivity contribution is 9.10. The van der Waals surface area contributed by atoms with E-state index in [4.69, 9.17) is 0 Å². The number of carbonyl (C=O) groups is 2. The predicted octanol–water partition coefficient (Wildman–Crippen LogP) is 1.63. The molecule has 0 aliphatic carbocycles. The molecule has 0 spiro atoms. The van der Waals surface area contributed by atoms with E-state index in [9.17, 15) is 14.0 Å². The van der Waals surface area contributed by atoms with Crippen molar-refractivity contribution in [3.05, 3.63) is 58.8 Å². The van der Waals surface area contributed by atoms with E-state index in [0.29, 0.717) is 5.69 Å². The molecule has 140 valence electrons. The van der Waals surface area contributed by atoms with E-state index < -0.39 is 0 Å². The SMILES string of the molecule is O=C1C[C@@H]([NH+]2CCN(c3ccc(F)cc3)CC2)C(=O)N1c1cccc(Br)c1. The normalized spacial score (nSPS) is 21.2. The third kappa shape index (κ3) is 3.61. The number of anilines is 2. The molecule has 2 aromatic carbocycles. The van der Waals surface area contributed by atoms with Crippen molar-refractivity contribution in [3.63, 3.8) is 0 Å². The minimum absolute atomic E-state index is 0.122. The summed E-state index contributed by atoms with van der Waals surface area (Å²) in [5.74, 6) is -0.509. The lowest BCUT2D eigenvalue weighted by Gasteiger charge is -2.35. The molecule has 1 atom stereocenters. The van der Waals surface area contributed by atoms with Gasteiger partial charge in [-0.25, -0.2) is 9.29 Å². The molecule has 2 saturated heterocycles. The second-order valence-corrected chi connectivity index (χ2v) is 7.84. The fourth-order valence-electron chi connectivity index (χ4n) is 3.89. The van der Waals surface area contributed by atoms with E-state index in [1.165, 1.54) is 17.0 Å². The number of piperazine rings is 1. The Labute approximate surface area is 165 Å². The van der Waals surface area contributed by atoms with Crippen molar-refractivity contribution in [3.8, 4) is 0 Å². The van der Waals surface area contributed by atoms with Crippen molar-refractivity contribution in [2.45, 2.75) is 12.5 Å². The molecular formula is C20H20BrFN3O2+. The molecule has 5 nitrogen and oxygen atoms in total. The lowest BCUT2D eigenvalue weighted by atomic mass is 10.1. The van der Waals surface area contributed by atoms with Crippen molar-refractivity contribution in [1.29, 1.82) is 0 Å². The molecular weight excluding hydrogens is 413 g/mol. The van der Waals surface area contributed by atoms with E-state index >= 15 is 0 Å². The molecule has 1 N–H and O–H groups in total. The zero-order valence-electron chi connectivity index (χ0n) is 14.7. The Bertz CT molecular complexity index is 866. The van der Waals surface area contributed by atoms with Crippen LogP contribution in [0.1, 0.15) is 6.42 Å². The first-order valence-corrected chi connectivity index (χ1v) is 9.80. The van der Waals surface area contributed by atoms with Crippen LogP contribution in [0.4, 0.5) is 15.8 Å². The number of halogens is 2. The zero-order valence-corrected chi connectivity index (χ0v) is 16.3. The predicted molar refractivity (Wildman–Crippen MR) is 104 cm³/mol. The quantitative estimate of drug-likeness (QED) is 0.749. The van der Waals surface area contributed by atoms with E-state index in [0.717, 1.165) is 41.2 Å². The van der Waals surface area contributed by atoms with Crippen molar-refractivity contribution in [2.24, 2.45) is 0 Å². The zero-order chi connectivity index (χ0) is 19.0. The highest BCUT2D eigenvalue weighted by atomic mass is 79.9. The molecule has 0 aromatic heterocycles. The third-order valence-corrected chi connectivity index (χ3v) is 5.80. The van der Waals surface area contributed by atoms with Crippen LogP contribution < -0.4 is 14.7 Å². The number of carbonyl (C=O) groups excluding carboxylic acids is 2. The number of nitrogens with zero attached hydrogens (tertiary/aromatic N) is 2. The first-order valence-electron chi connectivity index (χ1n) is 9.00. The molecule has 2 aromatic rings. The molecule has 2 amide bonds. The Hall–Kier alpha value is -2.25. The maximum Gasteiger partial charge on any atom is 0.292 e. The summed E-state index contributed by atoms with van der Waals surface area (Å²) in [6, 6.07) is 13.4. The van der Waals surface area contributed by atoms with Gasteiger partial charge in [-0.3, -0.25) is 9.59 Å². The Kier molecular flexibility index (Phi) is 4.97. The first-order chi connectivity index (χ1) is 13.0. The number of quaternary nitrogens is 1. The number of nitrogens with one attached hydrogen (secondary N) is 1. The topological polar surface area (TPSA) is 45.1 Å². The van der Waals surface area contributed by atoms with Gasteiger partial charge in [0.1, 0.15) is 5.82 Å². The van der Waals surface area contributed by atoms with Crippen LogP contribution in [0.25, 0.3) is 0 Å². The number of benzene rings is 2. The van der Waals surface area contributed by atoms with Crippen LogP contribution in [0.15, 0.2) is 53.0 Å². The van der Waals surface area contributed by atoms with Gasteiger partial charge in [-0.1, -0.05) is 22.0 Å². The molecule has 2 heterocycles. The molecule has 27 heavy (non-hydrogen) atoms. The monoisotopic (exact) mass is 432 g/mol. The fraction of sp³-hybridized carbons (Fsp3) is 0.300. The first kappa shape index (κ1) is 18.1. The average Bonchev–Trinajstić information content (AvgIpc) is 2.97. The van der Waals surface area contributed by atoms with Gasteiger partial charge in [0.15, 0.2) is 6.04 Å². The lowest BCUT2D eigenvalue weighted by Crippen LogP contribution is -3.19. The highest BCUT2D eigenvalue weighted by Crippen LogP contribution is 2.25. The maximum atomic E-state index is 13.1. The molecule has 7 heteroatoms. The lowest BCUT2D eigenvalue weighted by molar-refractivity contribution is -0.915. The Morgan fingerprint density at radius 1 is 1.00 bits per heavy atom. The maximum absolute atomic E-state index is 13.1. The summed E-state index contributed by atoms with van der Waals surface area (Å²) in [4.78, 5) is 30.1. The van der Waals surface area contributed by atoms with E-state index in [1.807, 2.05) is 12.1 Å². The molecule has 0 bridgehead atoms. The Balaban J connectivity index is 1.44. The number of rotatable bonds is 3. The van der Waals surface area contributed by atoms with Crippen LogP contribution in [0, 0.1) is 5.82 Å². The van der Waals surface area contributed by atoms with Gasteiger partial charge >= 0.3 is 0 Å². The second-order valence-electron chi connectivity index (χ2n) is 6.93. The summed E-state index contributed by atoms with van der Waals surface area (Å²) in [6.07, 6.45) is 0.247. The summed E-state index contributed by atoms with van der Waals surface area (Å²) >= 11 is 3.39. The van der Waals surface area contributed by atoms with Crippen LogP contribution in [0.3, 0.4) is 0 Å². The summed E-state index contributed by atoms with van der Waals surface area (Å²) in [5, 5.41) is 0. The van der Waals surface area contributed by atoms with Gasteiger partial charge in [-0.15, -0.1) is 0 Å². The average molecular weight is 433 g/mol. The van der Waals surface area contributed by atoms with Crippen LogP contribution in [-0.4, -0.2) is 44.0 Å². The molecule has 2 fully saturated rings. The number of imide groups is 1. The molecule has 0 unspecified atom stereocenters. The van der Waals surface area contributed by atoms with Gasteiger partial charge in [0.05, 0.1) is 38.3 Å². The minimum Gasteiger partial charge on any atom is -0.360 e. The summed E-state index contributed by atoms with van der Waals surface area (Å²) in [6.45, 7) is 3.09. The molecule has 2 aliphatic rings. The summed E-state index contributed by atoms with van der Waals surface area (Å²) < 4.78 is 13.9.